The number of pyridine rings is 1. The van der Waals surface area contributed by atoms with Crippen molar-refractivity contribution >= 4 is 44.1 Å². The molecule has 204 valence electrons. The number of nitrogens with zero attached hydrogens (tertiary/aromatic N) is 7. The van der Waals surface area contributed by atoms with Crippen LogP contribution in [-0.2, 0) is 0 Å². The van der Waals surface area contributed by atoms with Crippen LogP contribution in [0.4, 0.5) is 0 Å². The fourth-order valence-corrected chi connectivity index (χ4v) is 6.15. The fraction of sp³-hybridized carbons (Fsp3) is 0.0882. The standard InChI is InChI=1S/C34H23N9/c1-2-18-26-25(16-9-17-35-26)34-37-27(18)36-28-19-10-3-4-11-20(19)29(38-28)39-30-21-12-5-6-13-22(21)31(40-30)41-32-23-14-7-8-15-24(23)33(42-32)43-34/h3-18H,2H2,1H3,(H2,36,37,38,39,40,41,42,43). The van der Waals surface area contributed by atoms with Crippen molar-refractivity contribution in [2.45, 2.75) is 19.3 Å². The van der Waals surface area contributed by atoms with E-state index in [1.807, 2.05) is 85.1 Å². The summed E-state index contributed by atoms with van der Waals surface area (Å²) in [6.07, 6.45) is 2.60. The molecule has 1 atom stereocenters. The largest absolute Gasteiger partial charge is 0.324 e. The first-order valence-electron chi connectivity index (χ1n) is 14.3. The number of aromatic nitrogens is 9. The maximum atomic E-state index is 5.10. The van der Waals surface area contributed by atoms with Crippen molar-refractivity contribution in [1.82, 2.24) is 44.9 Å². The van der Waals surface area contributed by atoms with Crippen molar-refractivity contribution in [3.05, 3.63) is 103 Å². The first-order valence-corrected chi connectivity index (χ1v) is 14.3. The number of rotatable bonds is 1. The number of H-pyrrole nitrogens is 2. The van der Waals surface area contributed by atoms with Gasteiger partial charge in [0, 0.05) is 44.4 Å². The van der Waals surface area contributed by atoms with Crippen molar-refractivity contribution in [2.24, 2.45) is 0 Å². The molecule has 9 nitrogen and oxygen atoms in total. The molecule has 0 saturated heterocycles. The van der Waals surface area contributed by atoms with Gasteiger partial charge in [-0.05, 0) is 18.6 Å². The van der Waals surface area contributed by atoms with Crippen LogP contribution in [-0.4, -0.2) is 44.9 Å². The van der Waals surface area contributed by atoms with Crippen LogP contribution in [0.15, 0.2) is 91.1 Å². The van der Waals surface area contributed by atoms with Gasteiger partial charge in [-0.3, -0.25) is 4.98 Å². The van der Waals surface area contributed by atoms with Gasteiger partial charge in [-0.25, -0.2) is 29.9 Å². The Morgan fingerprint density at radius 1 is 0.512 bits per heavy atom. The molecule has 8 bridgehead atoms. The van der Waals surface area contributed by atoms with E-state index in [1.54, 1.807) is 0 Å². The van der Waals surface area contributed by atoms with Gasteiger partial charge < -0.3 is 9.97 Å². The molecule has 0 saturated carbocycles. The maximum absolute atomic E-state index is 5.10. The van der Waals surface area contributed by atoms with Gasteiger partial charge in [0.25, 0.3) is 0 Å². The zero-order chi connectivity index (χ0) is 28.5. The van der Waals surface area contributed by atoms with Gasteiger partial charge in [-0.2, -0.15) is 0 Å². The highest BCUT2D eigenvalue weighted by Gasteiger charge is 2.28. The molecule has 0 radical (unpaired) electrons. The van der Waals surface area contributed by atoms with Gasteiger partial charge in [-0.15, -0.1) is 0 Å². The van der Waals surface area contributed by atoms with Gasteiger partial charge in [0.05, 0.1) is 11.6 Å². The summed E-state index contributed by atoms with van der Waals surface area (Å²) in [4.78, 5) is 42.1. The Balaban J connectivity index is 1.51. The lowest BCUT2D eigenvalue weighted by Crippen LogP contribution is -2.14. The van der Waals surface area contributed by atoms with Crippen LogP contribution >= 0.6 is 0 Å². The second kappa shape index (κ2) is 9.09. The van der Waals surface area contributed by atoms with Crippen molar-refractivity contribution in [2.75, 3.05) is 0 Å². The summed E-state index contributed by atoms with van der Waals surface area (Å²) >= 11 is 0. The highest BCUT2D eigenvalue weighted by molar-refractivity contribution is 6.07. The molecule has 2 aliphatic rings. The van der Waals surface area contributed by atoms with E-state index in [2.05, 4.69) is 23.0 Å². The summed E-state index contributed by atoms with van der Waals surface area (Å²) in [5.74, 6) is 2.23. The monoisotopic (exact) mass is 557 g/mol. The highest BCUT2D eigenvalue weighted by Crippen LogP contribution is 2.38. The number of hydrogen-bond donors (Lipinski definition) is 2. The molecule has 3 aromatic carbocycles. The number of fused-ring (bicyclic) bond motifs is 19. The molecule has 0 fully saturated rings. The molecule has 4 aromatic heterocycles. The number of aromatic amines is 2. The average molecular weight is 558 g/mol. The first kappa shape index (κ1) is 23.8. The Hall–Kier alpha value is -5.83. The predicted octanol–water partition coefficient (Wildman–Crippen LogP) is 7.14. The van der Waals surface area contributed by atoms with E-state index in [9.17, 15) is 0 Å². The van der Waals surface area contributed by atoms with Crippen LogP contribution in [0.3, 0.4) is 0 Å². The molecule has 7 aromatic rings. The Morgan fingerprint density at radius 2 is 0.977 bits per heavy atom. The van der Waals surface area contributed by atoms with Crippen LogP contribution in [0.2, 0.25) is 0 Å². The van der Waals surface area contributed by atoms with Crippen molar-refractivity contribution < 1.29 is 0 Å². The fourth-order valence-electron chi connectivity index (χ4n) is 6.15. The summed E-state index contributed by atoms with van der Waals surface area (Å²) in [6, 6.07) is 28.2. The zero-order valence-electron chi connectivity index (χ0n) is 23.1. The third-order valence-electron chi connectivity index (χ3n) is 8.20. The number of hydrogen-bond acceptors (Lipinski definition) is 7. The van der Waals surface area contributed by atoms with Crippen molar-refractivity contribution in [3.8, 4) is 34.2 Å². The summed E-state index contributed by atoms with van der Waals surface area (Å²) in [5, 5.41) is 3.83. The summed E-state index contributed by atoms with van der Waals surface area (Å²) in [5.41, 5.74) is 6.38. The van der Waals surface area contributed by atoms with Crippen LogP contribution in [0, 0.1) is 0 Å². The molecule has 2 aliphatic heterocycles. The summed E-state index contributed by atoms with van der Waals surface area (Å²) in [6.45, 7) is 2.12. The predicted molar refractivity (Wildman–Crippen MR) is 167 cm³/mol. The van der Waals surface area contributed by atoms with Crippen LogP contribution in [0.5, 0.6) is 0 Å². The Kier molecular flexibility index (Phi) is 5.04. The van der Waals surface area contributed by atoms with E-state index in [0.717, 1.165) is 50.4 Å². The highest BCUT2D eigenvalue weighted by atomic mass is 15.1. The van der Waals surface area contributed by atoms with Gasteiger partial charge in [0.15, 0.2) is 17.5 Å². The quantitative estimate of drug-likeness (QED) is 0.220. The minimum absolute atomic E-state index is 0.106. The molecular weight excluding hydrogens is 534 g/mol. The summed E-state index contributed by atoms with van der Waals surface area (Å²) in [7, 11) is 0. The molecule has 0 amide bonds. The summed E-state index contributed by atoms with van der Waals surface area (Å²) < 4.78 is 0. The maximum Gasteiger partial charge on any atom is 0.165 e. The Bertz CT molecular complexity index is 2420. The second-order valence-electron chi connectivity index (χ2n) is 10.7. The molecule has 0 aliphatic carbocycles. The van der Waals surface area contributed by atoms with E-state index in [1.165, 1.54) is 0 Å². The van der Waals surface area contributed by atoms with Crippen LogP contribution < -0.4 is 0 Å². The molecule has 9 rings (SSSR count). The molecule has 1 unspecified atom stereocenters. The van der Waals surface area contributed by atoms with E-state index < -0.39 is 0 Å². The van der Waals surface area contributed by atoms with Crippen LogP contribution in [0.25, 0.3) is 78.3 Å². The number of benzene rings is 3. The molecular formula is C34H23N9. The van der Waals surface area contributed by atoms with E-state index in [0.29, 0.717) is 45.9 Å². The van der Waals surface area contributed by atoms with Gasteiger partial charge >= 0.3 is 0 Å². The first-order chi connectivity index (χ1) is 21.2. The minimum atomic E-state index is -0.106. The molecule has 9 heteroatoms. The lowest BCUT2D eigenvalue weighted by atomic mass is 9.94. The number of nitrogens with one attached hydrogen (secondary N) is 2. The SMILES string of the molecule is CCC1c2nc3nc(nc4[nH]c(nc5[nH]c(nc(n2)-c2cccnc21)c1ccccc51)c1ccccc41)-c1ccccc1-3. The lowest BCUT2D eigenvalue weighted by Gasteiger charge is -2.20. The van der Waals surface area contributed by atoms with Crippen LogP contribution in [0.1, 0.15) is 30.8 Å². The normalized spacial score (nSPS) is 14.0. The smallest absolute Gasteiger partial charge is 0.165 e. The van der Waals surface area contributed by atoms with E-state index >= 15 is 0 Å². The molecule has 6 heterocycles. The van der Waals surface area contributed by atoms with Crippen molar-refractivity contribution in [1.29, 1.82) is 0 Å². The van der Waals surface area contributed by atoms with E-state index in [4.69, 9.17) is 34.9 Å². The molecule has 2 N–H and O–H groups in total. The van der Waals surface area contributed by atoms with E-state index in [-0.39, 0.29) is 5.92 Å². The zero-order valence-corrected chi connectivity index (χ0v) is 23.1. The van der Waals surface area contributed by atoms with Crippen molar-refractivity contribution in [3.63, 3.8) is 0 Å². The van der Waals surface area contributed by atoms with Gasteiger partial charge in [0.2, 0.25) is 0 Å². The Morgan fingerprint density at radius 3 is 1.53 bits per heavy atom. The van der Waals surface area contributed by atoms with Gasteiger partial charge in [-0.1, -0.05) is 79.7 Å². The third kappa shape index (κ3) is 3.61. The van der Waals surface area contributed by atoms with Gasteiger partial charge in [0.1, 0.15) is 28.4 Å². The third-order valence-corrected chi connectivity index (χ3v) is 8.20. The Labute approximate surface area is 244 Å². The molecule has 0 spiro atoms. The second-order valence-corrected chi connectivity index (χ2v) is 10.7. The molecule has 43 heavy (non-hydrogen) atoms. The lowest BCUT2D eigenvalue weighted by molar-refractivity contribution is 0.686. The average Bonchev–Trinajstić information content (AvgIpc) is 3.69. The topological polar surface area (TPSA) is 122 Å². The minimum Gasteiger partial charge on any atom is -0.324 e.